The summed E-state index contributed by atoms with van der Waals surface area (Å²) in [7, 11) is 1.01. The highest BCUT2D eigenvalue weighted by Crippen LogP contribution is 2.16. The van der Waals surface area contributed by atoms with Gasteiger partial charge in [0.25, 0.3) is 0 Å². The first-order valence-electron chi connectivity index (χ1n) is 3.56. The molecule has 0 aliphatic carbocycles. The molecule has 88 valence electrons. The maximum absolute atomic E-state index is 10.7. The van der Waals surface area contributed by atoms with Crippen molar-refractivity contribution >= 4 is 17.9 Å². The van der Waals surface area contributed by atoms with Crippen LogP contribution in [-0.2, 0) is 19.1 Å². The van der Waals surface area contributed by atoms with E-state index < -0.39 is 36.4 Å². The van der Waals surface area contributed by atoms with Crippen molar-refractivity contribution in [2.45, 2.75) is 18.4 Å². The fourth-order valence-electron chi connectivity index (χ4n) is 0.775. The molecule has 0 saturated carbocycles. The molecule has 0 amide bonds. The highest BCUT2D eigenvalue weighted by atomic mass is 16.5. The maximum atomic E-state index is 10.7. The monoisotopic (exact) mass is 223 g/mol. The predicted molar refractivity (Wildman–Crippen MR) is 46.5 cm³/mol. The summed E-state index contributed by atoms with van der Waals surface area (Å²) in [5.41, 5.74) is -2.61. The Morgan fingerprint density at radius 1 is 1.20 bits per heavy atom. The number of aliphatic hydroxyl groups is 1. The van der Waals surface area contributed by atoms with Crippen LogP contribution in [0.5, 0.6) is 0 Å². The largest absolute Gasteiger partial charge is 0.481 e. The van der Waals surface area contributed by atoms with Crippen molar-refractivity contribution in [1.82, 2.24) is 6.15 Å². The van der Waals surface area contributed by atoms with Crippen LogP contribution >= 0.6 is 0 Å². The van der Waals surface area contributed by atoms with E-state index in [-0.39, 0.29) is 6.15 Å². The quantitative estimate of drug-likeness (QED) is 0.432. The van der Waals surface area contributed by atoms with Crippen molar-refractivity contribution in [2.24, 2.45) is 0 Å². The first-order valence-corrected chi connectivity index (χ1v) is 3.56. The molecule has 0 aromatic heterocycles. The lowest BCUT2D eigenvalue weighted by Crippen LogP contribution is -2.42. The minimum atomic E-state index is -2.61. The van der Waals surface area contributed by atoms with Crippen LogP contribution in [0.15, 0.2) is 0 Å². The molecule has 0 aliphatic heterocycles. The molecule has 0 spiro atoms. The zero-order valence-electron chi connectivity index (χ0n) is 8.10. The van der Waals surface area contributed by atoms with Gasteiger partial charge in [-0.25, -0.2) is 4.79 Å². The van der Waals surface area contributed by atoms with Crippen LogP contribution in [0.2, 0.25) is 0 Å². The van der Waals surface area contributed by atoms with Crippen LogP contribution in [0, 0.1) is 0 Å². The van der Waals surface area contributed by atoms with Crippen LogP contribution in [0.25, 0.3) is 0 Å². The highest BCUT2D eigenvalue weighted by molar-refractivity contribution is 5.88. The lowest BCUT2D eigenvalue weighted by Gasteiger charge is -2.19. The van der Waals surface area contributed by atoms with E-state index in [1.54, 1.807) is 0 Å². The number of aliphatic carboxylic acids is 2. The van der Waals surface area contributed by atoms with E-state index in [1.165, 1.54) is 0 Å². The van der Waals surface area contributed by atoms with E-state index in [4.69, 9.17) is 10.2 Å². The van der Waals surface area contributed by atoms with Crippen LogP contribution in [-0.4, -0.2) is 45.9 Å². The normalized spacial score (nSPS) is 13.2. The van der Waals surface area contributed by atoms with Gasteiger partial charge in [-0.3, -0.25) is 9.59 Å². The zero-order chi connectivity index (χ0) is 11.4. The van der Waals surface area contributed by atoms with Gasteiger partial charge in [0.2, 0.25) is 0 Å². The summed E-state index contributed by atoms with van der Waals surface area (Å²) < 4.78 is 4.12. The summed E-state index contributed by atoms with van der Waals surface area (Å²) in [6.07, 6.45) is -1.96. The van der Waals surface area contributed by atoms with Gasteiger partial charge >= 0.3 is 17.9 Å². The third-order valence-electron chi connectivity index (χ3n) is 1.51. The van der Waals surface area contributed by atoms with E-state index in [0.717, 1.165) is 7.11 Å². The fourth-order valence-corrected chi connectivity index (χ4v) is 0.775. The molecule has 0 aromatic carbocycles. The average molecular weight is 223 g/mol. The molecule has 0 heterocycles. The third-order valence-corrected chi connectivity index (χ3v) is 1.51. The number of carboxylic acid groups (broad SMARTS) is 2. The van der Waals surface area contributed by atoms with Gasteiger partial charge in [-0.15, -0.1) is 0 Å². The van der Waals surface area contributed by atoms with Crippen LogP contribution in [0.4, 0.5) is 0 Å². The molecule has 0 rings (SSSR count). The standard InChI is InChI=1S/C7H10O7.H3N/c1-14-5(10)3-7(13,6(11)12)2-4(8)9;/h13H,2-3H2,1H3,(H,8,9)(H,11,12);1H3. The van der Waals surface area contributed by atoms with E-state index in [9.17, 15) is 19.5 Å². The second kappa shape index (κ2) is 5.94. The number of carbonyl (C=O) groups is 3. The van der Waals surface area contributed by atoms with E-state index in [2.05, 4.69) is 4.74 Å². The predicted octanol–water partition coefficient (Wildman–Crippen LogP) is -0.998. The summed E-state index contributed by atoms with van der Waals surface area (Å²) in [5.74, 6) is -4.28. The van der Waals surface area contributed by atoms with Crippen molar-refractivity contribution in [2.75, 3.05) is 7.11 Å². The van der Waals surface area contributed by atoms with Gasteiger partial charge in [-0.05, 0) is 0 Å². The molecule has 0 aliphatic rings. The number of carboxylic acids is 2. The Kier molecular flexibility index (Phi) is 6.25. The van der Waals surface area contributed by atoms with Gasteiger partial charge in [-0.2, -0.15) is 0 Å². The van der Waals surface area contributed by atoms with Crippen molar-refractivity contribution in [1.29, 1.82) is 0 Å². The molecular weight excluding hydrogens is 210 g/mol. The maximum Gasteiger partial charge on any atom is 0.336 e. The number of ether oxygens (including phenoxy) is 1. The number of carbonyl (C=O) groups excluding carboxylic acids is 1. The molecule has 0 aromatic rings. The SMILES string of the molecule is COC(=O)CC(O)(CC(=O)O)C(=O)O.N. The van der Waals surface area contributed by atoms with Crippen LogP contribution in [0.3, 0.4) is 0 Å². The fraction of sp³-hybridized carbons (Fsp3) is 0.571. The summed E-state index contributed by atoms with van der Waals surface area (Å²) >= 11 is 0. The van der Waals surface area contributed by atoms with Crippen LogP contribution in [0.1, 0.15) is 12.8 Å². The minimum Gasteiger partial charge on any atom is -0.481 e. The molecular formula is C7H13NO7. The molecule has 6 N–H and O–H groups in total. The Labute approximate surface area is 85.0 Å². The highest BCUT2D eigenvalue weighted by Gasteiger charge is 2.41. The number of methoxy groups -OCH3 is 1. The van der Waals surface area contributed by atoms with Crippen molar-refractivity contribution in [3.05, 3.63) is 0 Å². The molecule has 8 nitrogen and oxygen atoms in total. The average Bonchev–Trinajstić information content (AvgIpc) is 2.02. The Balaban J connectivity index is 0. The number of hydrogen-bond donors (Lipinski definition) is 4. The number of hydrogen-bond acceptors (Lipinski definition) is 6. The van der Waals surface area contributed by atoms with Crippen molar-refractivity contribution in [3.8, 4) is 0 Å². The lowest BCUT2D eigenvalue weighted by molar-refractivity contribution is -0.171. The summed E-state index contributed by atoms with van der Waals surface area (Å²) in [4.78, 5) is 31.4. The first-order chi connectivity index (χ1) is 6.31. The van der Waals surface area contributed by atoms with E-state index in [0.29, 0.717) is 0 Å². The molecule has 0 saturated heterocycles. The Bertz CT molecular complexity index is 264. The number of esters is 1. The van der Waals surface area contributed by atoms with Gasteiger partial charge in [0.05, 0.1) is 20.0 Å². The van der Waals surface area contributed by atoms with Crippen molar-refractivity contribution in [3.63, 3.8) is 0 Å². The van der Waals surface area contributed by atoms with Gasteiger partial charge in [-0.1, -0.05) is 0 Å². The first kappa shape index (κ1) is 15.8. The Morgan fingerprint density at radius 2 is 1.67 bits per heavy atom. The minimum absolute atomic E-state index is 0. The second-order valence-corrected chi connectivity index (χ2v) is 2.66. The van der Waals surface area contributed by atoms with Crippen LogP contribution < -0.4 is 6.15 Å². The summed E-state index contributed by atoms with van der Waals surface area (Å²) in [5, 5.41) is 26.1. The number of rotatable bonds is 5. The van der Waals surface area contributed by atoms with Crippen molar-refractivity contribution < 1.29 is 34.4 Å². The van der Waals surface area contributed by atoms with Gasteiger partial charge in [0, 0.05) is 0 Å². The van der Waals surface area contributed by atoms with Gasteiger partial charge < -0.3 is 26.2 Å². The molecule has 0 fully saturated rings. The summed E-state index contributed by atoms with van der Waals surface area (Å²) in [6.45, 7) is 0. The van der Waals surface area contributed by atoms with Gasteiger partial charge in [0.1, 0.15) is 0 Å². The van der Waals surface area contributed by atoms with Gasteiger partial charge in [0.15, 0.2) is 5.60 Å². The third kappa shape index (κ3) is 4.93. The molecule has 1 unspecified atom stereocenters. The Hall–Kier alpha value is -1.67. The molecule has 0 bridgehead atoms. The summed E-state index contributed by atoms with van der Waals surface area (Å²) in [6, 6.07) is 0. The molecule has 0 radical (unpaired) electrons. The zero-order valence-corrected chi connectivity index (χ0v) is 8.10. The topological polar surface area (TPSA) is 156 Å². The lowest BCUT2D eigenvalue weighted by atomic mass is 9.96. The molecule has 8 heteroatoms. The molecule has 1 atom stereocenters. The Morgan fingerprint density at radius 3 is 1.93 bits per heavy atom. The molecule has 15 heavy (non-hydrogen) atoms. The van der Waals surface area contributed by atoms with E-state index in [1.807, 2.05) is 0 Å². The smallest absolute Gasteiger partial charge is 0.336 e. The second-order valence-electron chi connectivity index (χ2n) is 2.66. The van der Waals surface area contributed by atoms with E-state index >= 15 is 0 Å².